The topological polar surface area (TPSA) is 88.6 Å². The van der Waals surface area contributed by atoms with Crippen LogP contribution in [0.3, 0.4) is 0 Å². The molecule has 2 amide bonds. The first-order chi connectivity index (χ1) is 12.3. The average molecular weight is 375 g/mol. The Kier molecular flexibility index (Phi) is 6.46. The smallest absolute Gasteiger partial charge is 0.350 e. The molecule has 138 valence electrons. The van der Waals surface area contributed by atoms with Gasteiger partial charge in [-0.15, -0.1) is 11.3 Å². The van der Waals surface area contributed by atoms with Gasteiger partial charge < -0.3 is 15.0 Å². The molecule has 7 nitrogen and oxygen atoms in total. The zero-order valence-corrected chi connectivity index (χ0v) is 16.0. The Morgan fingerprint density at radius 1 is 1.19 bits per heavy atom. The van der Waals surface area contributed by atoms with Crippen LogP contribution in [0, 0.1) is 20.8 Å². The van der Waals surface area contributed by atoms with E-state index in [2.05, 4.69) is 10.3 Å². The molecule has 0 aliphatic heterocycles. The molecule has 0 saturated carbocycles. The van der Waals surface area contributed by atoms with Crippen molar-refractivity contribution in [3.63, 3.8) is 0 Å². The van der Waals surface area contributed by atoms with Crippen LogP contribution in [0.25, 0.3) is 0 Å². The SMILES string of the molecule is Cc1ncc(C(=O)OCC(=O)N(C)CC(=O)Nc2c(C)cccc2C)s1. The molecule has 2 rings (SSSR count). The van der Waals surface area contributed by atoms with Gasteiger partial charge in [0.15, 0.2) is 6.61 Å². The zero-order valence-electron chi connectivity index (χ0n) is 15.2. The number of anilines is 1. The number of benzene rings is 1. The lowest BCUT2D eigenvalue weighted by Crippen LogP contribution is -2.37. The molecule has 0 aliphatic carbocycles. The normalized spacial score (nSPS) is 10.3. The van der Waals surface area contributed by atoms with Gasteiger partial charge in [0.25, 0.3) is 5.91 Å². The molecule has 1 N–H and O–H groups in total. The van der Waals surface area contributed by atoms with E-state index in [0.717, 1.165) is 21.8 Å². The van der Waals surface area contributed by atoms with Gasteiger partial charge in [-0.1, -0.05) is 18.2 Å². The summed E-state index contributed by atoms with van der Waals surface area (Å²) < 4.78 is 4.97. The molecule has 0 aliphatic rings. The summed E-state index contributed by atoms with van der Waals surface area (Å²) in [6.07, 6.45) is 1.41. The Hall–Kier alpha value is -2.74. The Bertz CT molecular complexity index is 811. The first-order valence-electron chi connectivity index (χ1n) is 7.97. The van der Waals surface area contributed by atoms with Gasteiger partial charge >= 0.3 is 5.97 Å². The summed E-state index contributed by atoms with van der Waals surface area (Å²) in [6.45, 7) is 5.01. The highest BCUT2D eigenvalue weighted by atomic mass is 32.1. The minimum absolute atomic E-state index is 0.135. The average Bonchev–Trinajstić information content (AvgIpc) is 3.02. The van der Waals surface area contributed by atoms with Crippen molar-refractivity contribution in [2.24, 2.45) is 0 Å². The van der Waals surface area contributed by atoms with E-state index >= 15 is 0 Å². The molecule has 0 atom stereocenters. The van der Waals surface area contributed by atoms with Crippen molar-refractivity contribution < 1.29 is 19.1 Å². The van der Waals surface area contributed by atoms with Gasteiger partial charge in [0, 0.05) is 12.7 Å². The van der Waals surface area contributed by atoms with Crippen LogP contribution in [0.4, 0.5) is 5.69 Å². The second-order valence-corrected chi connectivity index (χ2v) is 7.12. The second kappa shape index (κ2) is 8.57. The predicted molar refractivity (Wildman–Crippen MR) is 99.3 cm³/mol. The van der Waals surface area contributed by atoms with Crippen LogP contribution in [0.5, 0.6) is 0 Å². The summed E-state index contributed by atoms with van der Waals surface area (Å²) in [5.74, 6) is -1.38. The molecule has 1 aromatic heterocycles. The minimum atomic E-state index is -0.600. The van der Waals surface area contributed by atoms with Crippen molar-refractivity contribution in [3.05, 3.63) is 45.4 Å². The zero-order chi connectivity index (χ0) is 19.3. The van der Waals surface area contributed by atoms with Crippen molar-refractivity contribution in [3.8, 4) is 0 Å². The maximum atomic E-state index is 12.2. The summed E-state index contributed by atoms with van der Waals surface area (Å²) in [5, 5.41) is 3.55. The van der Waals surface area contributed by atoms with Crippen LogP contribution in [-0.2, 0) is 14.3 Å². The quantitative estimate of drug-likeness (QED) is 0.783. The number of carbonyl (C=O) groups is 3. The summed E-state index contributed by atoms with van der Waals surface area (Å²) in [5.41, 5.74) is 2.63. The molecule has 0 radical (unpaired) electrons. The highest BCUT2D eigenvalue weighted by Gasteiger charge is 2.17. The third-order valence-corrected chi connectivity index (χ3v) is 4.59. The lowest BCUT2D eigenvalue weighted by atomic mass is 10.1. The van der Waals surface area contributed by atoms with E-state index < -0.39 is 18.5 Å². The molecule has 26 heavy (non-hydrogen) atoms. The van der Waals surface area contributed by atoms with Crippen LogP contribution in [-0.4, -0.2) is 47.9 Å². The first-order valence-corrected chi connectivity index (χ1v) is 8.79. The van der Waals surface area contributed by atoms with Crippen molar-refractivity contribution in [2.75, 3.05) is 25.5 Å². The number of hydrogen-bond donors (Lipinski definition) is 1. The van der Waals surface area contributed by atoms with Crippen LogP contribution >= 0.6 is 11.3 Å². The van der Waals surface area contributed by atoms with Gasteiger partial charge in [-0.05, 0) is 31.9 Å². The number of likely N-dealkylation sites (N-methyl/N-ethyl adjacent to an activating group) is 1. The number of para-hydroxylation sites is 1. The van der Waals surface area contributed by atoms with Crippen molar-refractivity contribution >= 4 is 34.8 Å². The Labute approximate surface area is 156 Å². The molecule has 0 bridgehead atoms. The Morgan fingerprint density at radius 2 is 1.85 bits per heavy atom. The van der Waals surface area contributed by atoms with Crippen molar-refractivity contribution in [2.45, 2.75) is 20.8 Å². The number of nitrogens with zero attached hydrogens (tertiary/aromatic N) is 2. The van der Waals surface area contributed by atoms with E-state index in [4.69, 9.17) is 4.74 Å². The molecular formula is C18H21N3O4S. The minimum Gasteiger partial charge on any atom is -0.451 e. The number of aryl methyl sites for hydroxylation is 3. The van der Waals surface area contributed by atoms with E-state index in [1.165, 1.54) is 29.5 Å². The third kappa shape index (κ3) is 5.13. The fourth-order valence-corrected chi connectivity index (χ4v) is 2.93. The number of carbonyl (C=O) groups excluding carboxylic acids is 3. The molecule has 0 saturated heterocycles. The monoisotopic (exact) mass is 375 g/mol. The summed E-state index contributed by atoms with van der Waals surface area (Å²) in [6, 6.07) is 5.71. The molecule has 0 unspecified atom stereocenters. The maximum absolute atomic E-state index is 12.2. The van der Waals surface area contributed by atoms with Crippen LogP contribution in [0.15, 0.2) is 24.4 Å². The molecule has 0 fully saturated rings. The van der Waals surface area contributed by atoms with E-state index in [0.29, 0.717) is 4.88 Å². The number of esters is 1. The van der Waals surface area contributed by atoms with Gasteiger partial charge in [0.2, 0.25) is 5.91 Å². The van der Waals surface area contributed by atoms with E-state index in [1.54, 1.807) is 6.92 Å². The van der Waals surface area contributed by atoms with E-state index in [1.807, 2.05) is 32.0 Å². The lowest BCUT2D eigenvalue weighted by molar-refractivity contribution is -0.136. The fourth-order valence-electron chi connectivity index (χ4n) is 2.26. The van der Waals surface area contributed by atoms with Crippen molar-refractivity contribution in [1.82, 2.24) is 9.88 Å². The van der Waals surface area contributed by atoms with Crippen molar-refractivity contribution in [1.29, 1.82) is 0 Å². The van der Waals surface area contributed by atoms with Crippen LogP contribution in [0.1, 0.15) is 25.8 Å². The molecule has 2 aromatic rings. The molecule has 0 spiro atoms. The predicted octanol–water partition coefficient (Wildman–Crippen LogP) is 2.32. The van der Waals surface area contributed by atoms with Crippen LogP contribution in [0.2, 0.25) is 0 Å². The number of nitrogens with one attached hydrogen (secondary N) is 1. The largest absolute Gasteiger partial charge is 0.451 e. The standard InChI is InChI=1S/C18H21N3O4S/c1-11-6-5-7-12(2)17(11)20-15(22)9-21(4)16(23)10-25-18(24)14-8-19-13(3)26-14/h5-8H,9-10H2,1-4H3,(H,20,22). The van der Waals surface area contributed by atoms with Crippen LogP contribution < -0.4 is 5.32 Å². The van der Waals surface area contributed by atoms with Gasteiger partial charge in [0.05, 0.1) is 17.7 Å². The second-order valence-electron chi connectivity index (χ2n) is 5.88. The molecule has 1 aromatic carbocycles. The Balaban J connectivity index is 1.84. The van der Waals surface area contributed by atoms with E-state index in [-0.39, 0.29) is 12.5 Å². The first kappa shape index (κ1) is 19.6. The number of amides is 2. The lowest BCUT2D eigenvalue weighted by Gasteiger charge is -2.18. The molecule has 1 heterocycles. The fraction of sp³-hybridized carbons (Fsp3) is 0.333. The number of hydrogen-bond acceptors (Lipinski definition) is 6. The number of thiazole rings is 1. The highest BCUT2D eigenvalue weighted by Crippen LogP contribution is 2.19. The maximum Gasteiger partial charge on any atom is 0.350 e. The number of rotatable bonds is 6. The van der Waals surface area contributed by atoms with Gasteiger partial charge in [-0.2, -0.15) is 0 Å². The number of ether oxygens (including phenoxy) is 1. The van der Waals surface area contributed by atoms with Gasteiger partial charge in [0.1, 0.15) is 4.88 Å². The molecule has 8 heteroatoms. The molecular weight excluding hydrogens is 354 g/mol. The highest BCUT2D eigenvalue weighted by molar-refractivity contribution is 7.13. The number of aromatic nitrogens is 1. The summed E-state index contributed by atoms with van der Waals surface area (Å²) in [4.78, 5) is 41.6. The van der Waals surface area contributed by atoms with Gasteiger partial charge in [-0.25, -0.2) is 9.78 Å². The van der Waals surface area contributed by atoms with E-state index in [9.17, 15) is 14.4 Å². The summed E-state index contributed by atoms with van der Waals surface area (Å²) in [7, 11) is 1.48. The van der Waals surface area contributed by atoms with Gasteiger partial charge in [-0.3, -0.25) is 9.59 Å². The Morgan fingerprint density at radius 3 is 2.42 bits per heavy atom. The summed E-state index contributed by atoms with van der Waals surface area (Å²) >= 11 is 1.20. The third-order valence-electron chi connectivity index (χ3n) is 3.70.